The zero-order valence-corrected chi connectivity index (χ0v) is 5.83. The van der Waals surface area contributed by atoms with Gasteiger partial charge < -0.3 is 4.74 Å². The van der Waals surface area contributed by atoms with Crippen LogP contribution in [-0.4, -0.2) is 25.7 Å². The van der Waals surface area contributed by atoms with E-state index < -0.39 is 0 Å². The maximum Gasteiger partial charge on any atom is 0.242 e. The van der Waals surface area contributed by atoms with E-state index in [0.29, 0.717) is 0 Å². The molecular formula is C4H10NO2S+. The smallest absolute Gasteiger partial charge is 0.242 e. The van der Waals surface area contributed by atoms with Gasteiger partial charge in [0.2, 0.25) is 6.79 Å². The molecule has 0 aromatic rings. The average Bonchev–Trinajstić information content (AvgIpc) is 1.66. The van der Waals surface area contributed by atoms with E-state index in [0.717, 1.165) is 6.40 Å². The minimum Gasteiger partial charge on any atom is -0.452 e. The zero-order valence-electron chi connectivity index (χ0n) is 5.01. The fourth-order valence-electron chi connectivity index (χ4n) is 0.158. The number of rotatable bonds is 4. The quantitative estimate of drug-likeness (QED) is 0.199. The Morgan fingerprint density at radius 3 is 2.62 bits per heavy atom. The number of hydrogen-bond acceptors (Lipinski definition) is 3. The summed E-state index contributed by atoms with van der Waals surface area (Å²) in [6.07, 6.45) is 4.74. The first-order valence-corrected chi connectivity index (χ1v) is 4.05. The molecule has 0 aliphatic heterocycles. The summed E-state index contributed by atoms with van der Waals surface area (Å²) in [7, 11) is 0. The van der Waals surface area contributed by atoms with Gasteiger partial charge in [0, 0.05) is 0 Å². The van der Waals surface area contributed by atoms with E-state index >= 15 is 0 Å². The van der Waals surface area contributed by atoms with Gasteiger partial charge in [0.1, 0.15) is 23.7 Å². The predicted octanol–water partition coefficient (Wildman–Crippen LogP) is 0.377. The van der Waals surface area contributed by atoms with E-state index in [9.17, 15) is 0 Å². The van der Waals surface area contributed by atoms with Crippen molar-refractivity contribution in [1.82, 2.24) is 0 Å². The first kappa shape index (κ1) is 7.78. The van der Waals surface area contributed by atoms with Crippen LogP contribution in [0.15, 0.2) is 0 Å². The summed E-state index contributed by atoms with van der Waals surface area (Å²) < 4.78 is 9.41. The predicted molar refractivity (Wildman–Crippen MR) is 35.0 cm³/mol. The van der Waals surface area contributed by atoms with Crippen LogP contribution in [0.25, 0.3) is 0 Å². The highest BCUT2D eigenvalue weighted by molar-refractivity contribution is 7.90. The molecule has 48 valence electrons. The maximum absolute atomic E-state index is 6.42. The van der Waals surface area contributed by atoms with Gasteiger partial charge in [-0.1, -0.05) is 0 Å². The molecule has 0 rings (SSSR count). The Kier molecular flexibility index (Phi) is 4.79. The Morgan fingerprint density at radius 2 is 2.25 bits per heavy atom. The topological polar surface area (TPSA) is 42.3 Å². The Bertz CT molecular complexity index is 67.1. The molecule has 0 unspecified atom stereocenters. The lowest BCUT2D eigenvalue weighted by Gasteiger charge is -1.94. The van der Waals surface area contributed by atoms with Crippen molar-refractivity contribution < 1.29 is 8.92 Å². The highest BCUT2D eigenvalue weighted by Gasteiger charge is 2.00. The molecule has 0 aromatic heterocycles. The SMILES string of the molecule is C[S+](C)OCOC=N. The molecule has 1 N–H and O–H groups in total. The van der Waals surface area contributed by atoms with Crippen molar-refractivity contribution in [2.24, 2.45) is 0 Å². The fraction of sp³-hybridized carbons (Fsp3) is 0.750. The molecule has 0 spiro atoms. The van der Waals surface area contributed by atoms with Gasteiger partial charge in [-0.15, -0.1) is 4.18 Å². The second-order valence-electron chi connectivity index (χ2n) is 1.26. The van der Waals surface area contributed by atoms with Gasteiger partial charge in [0.05, 0.1) is 0 Å². The first-order chi connectivity index (χ1) is 3.77. The van der Waals surface area contributed by atoms with Gasteiger partial charge in [-0.25, -0.2) is 0 Å². The van der Waals surface area contributed by atoms with Crippen LogP contribution >= 0.6 is 0 Å². The van der Waals surface area contributed by atoms with Gasteiger partial charge in [-0.2, -0.15) is 0 Å². The van der Waals surface area contributed by atoms with Gasteiger partial charge in [0.25, 0.3) is 0 Å². The van der Waals surface area contributed by atoms with E-state index in [4.69, 9.17) is 9.59 Å². The van der Waals surface area contributed by atoms with Gasteiger partial charge in [-0.05, 0) is 0 Å². The Morgan fingerprint density at radius 1 is 1.62 bits per heavy atom. The summed E-state index contributed by atoms with van der Waals surface area (Å²) in [6, 6.07) is 0. The van der Waals surface area contributed by atoms with Crippen LogP contribution in [0.3, 0.4) is 0 Å². The summed E-state index contributed by atoms with van der Waals surface area (Å²) >= 11 is -0.0454. The average molecular weight is 136 g/mol. The molecule has 0 atom stereocenters. The van der Waals surface area contributed by atoms with Crippen LogP contribution in [0.1, 0.15) is 0 Å². The standard InChI is InChI=1S/C4H10NO2S/c1-8(2)7-4-6-3-5/h3,5H,4H2,1-2H3/q+1. The highest BCUT2D eigenvalue weighted by atomic mass is 32.2. The van der Waals surface area contributed by atoms with E-state index in [-0.39, 0.29) is 18.0 Å². The number of nitrogens with one attached hydrogen (secondary N) is 1. The van der Waals surface area contributed by atoms with Crippen molar-refractivity contribution in [3.63, 3.8) is 0 Å². The van der Waals surface area contributed by atoms with Crippen molar-refractivity contribution in [2.45, 2.75) is 0 Å². The molecule has 0 heterocycles. The van der Waals surface area contributed by atoms with Crippen molar-refractivity contribution in [3.8, 4) is 0 Å². The van der Waals surface area contributed by atoms with Crippen LogP contribution in [-0.2, 0) is 20.1 Å². The summed E-state index contributed by atoms with van der Waals surface area (Å²) in [5.41, 5.74) is 0. The Labute approximate surface area is 52.0 Å². The van der Waals surface area contributed by atoms with E-state index in [1.807, 2.05) is 12.5 Å². The summed E-state index contributed by atoms with van der Waals surface area (Å²) in [5, 5.41) is 6.42. The van der Waals surface area contributed by atoms with Gasteiger partial charge in [0.15, 0.2) is 6.40 Å². The summed E-state index contributed by atoms with van der Waals surface area (Å²) in [4.78, 5) is 0. The molecule has 8 heavy (non-hydrogen) atoms. The molecule has 0 saturated heterocycles. The zero-order chi connectivity index (χ0) is 6.41. The van der Waals surface area contributed by atoms with Crippen LogP contribution in [0.5, 0.6) is 0 Å². The Balaban J connectivity index is 2.81. The first-order valence-electron chi connectivity index (χ1n) is 2.08. The van der Waals surface area contributed by atoms with Crippen molar-refractivity contribution in [3.05, 3.63) is 0 Å². The summed E-state index contributed by atoms with van der Waals surface area (Å²) in [6.45, 7) is 0.194. The van der Waals surface area contributed by atoms with Gasteiger partial charge >= 0.3 is 0 Å². The second kappa shape index (κ2) is 4.93. The molecular weight excluding hydrogens is 126 g/mol. The van der Waals surface area contributed by atoms with Crippen molar-refractivity contribution in [1.29, 1.82) is 5.41 Å². The minimum atomic E-state index is -0.0454. The van der Waals surface area contributed by atoms with Crippen molar-refractivity contribution >= 4 is 17.6 Å². The van der Waals surface area contributed by atoms with Crippen LogP contribution in [0, 0.1) is 5.41 Å². The third-order valence-corrected chi connectivity index (χ3v) is 1.00. The molecule has 0 radical (unpaired) electrons. The van der Waals surface area contributed by atoms with Gasteiger partial charge in [-0.3, -0.25) is 5.41 Å². The van der Waals surface area contributed by atoms with E-state index in [2.05, 4.69) is 4.74 Å². The van der Waals surface area contributed by atoms with Crippen LogP contribution in [0.4, 0.5) is 0 Å². The molecule has 0 aromatic carbocycles. The normalized spacial score (nSPS) is 9.38. The Hall–Kier alpha value is -0.220. The molecule has 0 aliphatic carbocycles. The van der Waals surface area contributed by atoms with E-state index in [1.54, 1.807) is 0 Å². The second-order valence-corrected chi connectivity index (χ2v) is 2.98. The third-order valence-electron chi connectivity index (χ3n) is 0.435. The molecule has 0 amide bonds. The largest absolute Gasteiger partial charge is 0.452 e. The summed E-state index contributed by atoms with van der Waals surface area (Å²) in [5.74, 6) is 0. The van der Waals surface area contributed by atoms with Crippen molar-refractivity contribution in [2.75, 3.05) is 19.3 Å². The number of hydrogen-bond donors (Lipinski definition) is 1. The third kappa shape index (κ3) is 5.78. The number of ether oxygens (including phenoxy) is 1. The maximum atomic E-state index is 6.42. The molecule has 0 fully saturated rings. The highest BCUT2D eigenvalue weighted by Crippen LogP contribution is 1.85. The molecule has 0 bridgehead atoms. The molecule has 0 aliphatic rings. The monoisotopic (exact) mass is 136 g/mol. The molecule has 3 nitrogen and oxygen atoms in total. The van der Waals surface area contributed by atoms with Crippen LogP contribution in [0.2, 0.25) is 0 Å². The minimum absolute atomic E-state index is 0.0454. The van der Waals surface area contributed by atoms with E-state index in [1.165, 1.54) is 0 Å². The lowest BCUT2D eigenvalue weighted by molar-refractivity contribution is 0.134. The molecule has 0 saturated carbocycles. The molecule has 4 heteroatoms. The lowest BCUT2D eigenvalue weighted by Crippen LogP contribution is -2.04. The van der Waals surface area contributed by atoms with Crippen LogP contribution < -0.4 is 0 Å². The fourth-order valence-corrected chi connectivity index (χ4v) is 0.406. The lowest BCUT2D eigenvalue weighted by atomic mass is 11.4.